The Morgan fingerprint density at radius 2 is 2.16 bits per heavy atom. The number of nitrogens with two attached hydrogens (primary N) is 1. The summed E-state index contributed by atoms with van der Waals surface area (Å²) < 4.78 is 5.63. The van der Waals surface area contributed by atoms with Gasteiger partial charge in [0.2, 0.25) is 5.91 Å². The first-order valence-electron chi connectivity index (χ1n) is 13.8. The van der Waals surface area contributed by atoms with Crippen LogP contribution in [0.5, 0.6) is 0 Å². The summed E-state index contributed by atoms with van der Waals surface area (Å²) in [5.74, 6) is 0.886. The number of rotatable bonds is 13. The zero-order chi connectivity index (χ0) is 26.5. The van der Waals surface area contributed by atoms with Crippen molar-refractivity contribution >= 4 is 34.5 Å². The first-order valence-corrected chi connectivity index (χ1v) is 13.8. The molecule has 0 unspecified atom stereocenters. The molecule has 1 aliphatic heterocycles. The molecule has 37 heavy (non-hydrogen) atoms. The number of piperidine rings is 1. The fourth-order valence-corrected chi connectivity index (χ4v) is 4.83. The van der Waals surface area contributed by atoms with Crippen molar-refractivity contribution < 1.29 is 9.53 Å². The van der Waals surface area contributed by atoms with Gasteiger partial charge >= 0.3 is 0 Å². The minimum Gasteiger partial charge on any atom is -0.397 e. The molecule has 1 atom stereocenters. The van der Waals surface area contributed by atoms with Crippen LogP contribution in [0, 0.1) is 0 Å². The van der Waals surface area contributed by atoms with Crippen molar-refractivity contribution in [1.82, 2.24) is 15.2 Å². The number of aromatic nitrogens is 1. The molecule has 2 heterocycles. The number of fused-ring (bicyclic) bond motifs is 1. The van der Waals surface area contributed by atoms with Gasteiger partial charge in [-0.2, -0.15) is 0 Å². The van der Waals surface area contributed by atoms with Crippen LogP contribution in [0.2, 0.25) is 0 Å². The third-order valence-corrected chi connectivity index (χ3v) is 6.79. The maximum atomic E-state index is 12.6. The number of aryl methyl sites for hydroxylation is 1. The van der Waals surface area contributed by atoms with E-state index in [0.29, 0.717) is 38.4 Å². The summed E-state index contributed by atoms with van der Waals surface area (Å²) in [4.78, 5) is 28.4. The number of ether oxygens (including phenoxy) is 1. The largest absolute Gasteiger partial charge is 0.397 e. The zero-order valence-corrected chi connectivity index (χ0v) is 22.8. The minimum absolute atomic E-state index is 0.0141. The van der Waals surface area contributed by atoms with Crippen LogP contribution in [-0.4, -0.2) is 73.8 Å². The van der Waals surface area contributed by atoms with Crippen LogP contribution in [0.3, 0.4) is 0 Å². The standard InChI is InChI=1S/C29H44N6O2/c1-4-18-37-21-28(31-5-2)32-16-14-22-12-13-26-25(19-23(30)20-34-26)24(22)10-6-8-15-33-29(36)27-11-7-9-17-35(27)3/h12-13,16,19-20,27H,4-11,14-15,17-18,21,30H2,1-3H3,(H,33,36)/b31-28-,32-16-/t27-/m0/s1. The van der Waals surface area contributed by atoms with Gasteiger partial charge < -0.3 is 15.8 Å². The molecular weight excluding hydrogens is 464 g/mol. The van der Waals surface area contributed by atoms with Crippen molar-refractivity contribution in [2.75, 3.05) is 45.6 Å². The molecule has 0 aliphatic carbocycles. The van der Waals surface area contributed by atoms with Gasteiger partial charge in [0.05, 0.1) is 23.4 Å². The van der Waals surface area contributed by atoms with Crippen molar-refractivity contribution in [3.05, 3.63) is 35.5 Å². The molecule has 0 saturated carbocycles. The van der Waals surface area contributed by atoms with Gasteiger partial charge in [0.15, 0.2) is 0 Å². The van der Waals surface area contributed by atoms with Crippen molar-refractivity contribution in [1.29, 1.82) is 0 Å². The summed E-state index contributed by atoms with van der Waals surface area (Å²) in [5.41, 5.74) is 10.2. The van der Waals surface area contributed by atoms with Gasteiger partial charge in [-0.3, -0.25) is 19.7 Å². The van der Waals surface area contributed by atoms with E-state index in [-0.39, 0.29) is 11.9 Å². The second-order valence-corrected chi connectivity index (χ2v) is 9.74. The maximum absolute atomic E-state index is 12.6. The Balaban J connectivity index is 1.63. The van der Waals surface area contributed by atoms with E-state index in [1.165, 1.54) is 17.5 Å². The molecule has 1 saturated heterocycles. The number of nitrogen functional groups attached to an aromatic ring is 1. The summed E-state index contributed by atoms with van der Waals surface area (Å²) in [6.07, 6.45) is 11.3. The highest BCUT2D eigenvalue weighted by Gasteiger charge is 2.25. The van der Waals surface area contributed by atoms with Crippen molar-refractivity contribution in [2.45, 2.75) is 71.3 Å². The lowest BCUT2D eigenvalue weighted by Gasteiger charge is -2.31. The van der Waals surface area contributed by atoms with Crippen LogP contribution in [-0.2, 0) is 22.4 Å². The van der Waals surface area contributed by atoms with Gasteiger partial charge in [-0.25, -0.2) is 4.99 Å². The van der Waals surface area contributed by atoms with Crippen LogP contribution in [0.25, 0.3) is 10.9 Å². The van der Waals surface area contributed by atoms with Gasteiger partial charge in [-0.05, 0) is 82.3 Å². The first kappa shape index (κ1) is 28.7. The second kappa shape index (κ2) is 15.4. The number of amides is 1. The topological polar surface area (TPSA) is 105 Å². The lowest BCUT2D eigenvalue weighted by Crippen LogP contribution is -2.47. The number of anilines is 1. The third-order valence-electron chi connectivity index (χ3n) is 6.79. The number of amidine groups is 1. The molecule has 3 rings (SSSR count). The summed E-state index contributed by atoms with van der Waals surface area (Å²) in [6, 6.07) is 6.22. The summed E-state index contributed by atoms with van der Waals surface area (Å²) in [7, 11) is 2.05. The third kappa shape index (κ3) is 8.90. The minimum atomic E-state index is 0.0141. The van der Waals surface area contributed by atoms with E-state index in [1.54, 1.807) is 6.20 Å². The van der Waals surface area contributed by atoms with Crippen LogP contribution in [0.4, 0.5) is 5.69 Å². The molecule has 1 aliphatic rings. The summed E-state index contributed by atoms with van der Waals surface area (Å²) in [5, 5.41) is 4.24. The number of nitrogens with zero attached hydrogens (tertiary/aromatic N) is 4. The Hall–Kier alpha value is -2.84. The van der Waals surface area contributed by atoms with Gasteiger partial charge in [0.1, 0.15) is 12.4 Å². The van der Waals surface area contributed by atoms with Gasteiger partial charge in [0, 0.05) is 37.7 Å². The number of aliphatic imine (C=N–C) groups is 2. The van der Waals surface area contributed by atoms with Gasteiger partial charge in [0.25, 0.3) is 0 Å². The van der Waals surface area contributed by atoms with E-state index >= 15 is 0 Å². The Labute approximate surface area is 221 Å². The number of hydrogen-bond donors (Lipinski definition) is 2. The molecule has 0 radical (unpaired) electrons. The number of unbranched alkanes of at least 4 members (excludes halogenated alkanes) is 1. The van der Waals surface area contributed by atoms with Crippen molar-refractivity contribution in [2.24, 2.45) is 9.98 Å². The van der Waals surface area contributed by atoms with E-state index < -0.39 is 0 Å². The fraction of sp³-hybridized carbons (Fsp3) is 0.586. The van der Waals surface area contributed by atoms with Crippen LogP contribution >= 0.6 is 0 Å². The average Bonchev–Trinajstić information content (AvgIpc) is 2.89. The molecule has 0 spiro atoms. The van der Waals surface area contributed by atoms with E-state index in [4.69, 9.17) is 10.5 Å². The molecule has 2 aromatic rings. The monoisotopic (exact) mass is 508 g/mol. The molecule has 0 bridgehead atoms. The van der Waals surface area contributed by atoms with Crippen LogP contribution < -0.4 is 11.1 Å². The molecule has 3 N–H and O–H groups in total. The Kier molecular flexibility index (Phi) is 12.0. The highest BCUT2D eigenvalue weighted by Crippen LogP contribution is 2.25. The Bertz CT molecular complexity index is 1070. The molecule has 8 heteroatoms. The van der Waals surface area contributed by atoms with E-state index in [9.17, 15) is 4.79 Å². The number of benzene rings is 1. The highest BCUT2D eigenvalue weighted by atomic mass is 16.5. The predicted octanol–water partition coefficient (Wildman–Crippen LogP) is 4.20. The van der Waals surface area contributed by atoms with Crippen molar-refractivity contribution in [3.63, 3.8) is 0 Å². The number of hydrogen-bond acceptors (Lipinski definition) is 6. The van der Waals surface area contributed by atoms with Gasteiger partial charge in [-0.1, -0.05) is 19.4 Å². The number of likely N-dealkylation sites (N-methyl/N-ethyl adjacent to an activating group) is 1. The first-order chi connectivity index (χ1) is 18.0. The highest BCUT2D eigenvalue weighted by molar-refractivity contribution is 5.92. The second-order valence-electron chi connectivity index (χ2n) is 9.74. The lowest BCUT2D eigenvalue weighted by molar-refractivity contribution is -0.127. The molecule has 1 fully saturated rings. The molecule has 1 amide bonds. The molecule has 8 nitrogen and oxygen atoms in total. The number of likely N-dealkylation sites (tertiary alicyclic amines) is 1. The van der Waals surface area contributed by atoms with Crippen molar-refractivity contribution in [3.8, 4) is 0 Å². The zero-order valence-electron chi connectivity index (χ0n) is 22.8. The van der Waals surface area contributed by atoms with Crippen LogP contribution in [0.15, 0.2) is 34.4 Å². The van der Waals surface area contributed by atoms with E-state index in [1.807, 2.05) is 32.3 Å². The Morgan fingerprint density at radius 3 is 2.95 bits per heavy atom. The summed E-state index contributed by atoms with van der Waals surface area (Å²) in [6.45, 7) is 7.61. The fourth-order valence-electron chi connectivity index (χ4n) is 4.83. The molecule has 1 aromatic carbocycles. The number of carbonyl (C=O) groups is 1. The number of nitrogens with one attached hydrogen (secondary N) is 1. The normalized spacial score (nSPS) is 17.1. The average molecular weight is 509 g/mol. The van der Waals surface area contributed by atoms with Crippen LogP contribution in [0.1, 0.15) is 63.5 Å². The summed E-state index contributed by atoms with van der Waals surface area (Å²) >= 11 is 0. The lowest BCUT2D eigenvalue weighted by atomic mass is 9.95. The molecular formula is C29H44N6O2. The predicted molar refractivity (Wildman–Crippen MR) is 154 cm³/mol. The molecule has 1 aromatic heterocycles. The van der Waals surface area contributed by atoms with Gasteiger partial charge in [-0.15, -0.1) is 0 Å². The smallest absolute Gasteiger partial charge is 0.237 e. The molecule has 202 valence electrons. The number of pyridine rings is 1. The van der Waals surface area contributed by atoms with E-state index in [0.717, 1.165) is 61.8 Å². The number of carbonyl (C=O) groups excluding carboxylic acids is 1. The SMILES string of the molecule is CCCOCC(/N=C\Cc1ccc2ncc(N)cc2c1CCCCNC(=O)[C@@H]1CCCCN1C)=N/CC. The quantitative estimate of drug-likeness (QED) is 0.240. The maximum Gasteiger partial charge on any atom is 0.237 e. The Morgan fingerprint density at radius 1 is 1.30 bits per heavy atom. The van der Waals surface area contributed by atoms with E-state index in [2.05, 4.69) is 38.2 Å².